The van der Waals surface area contributed by atoms with Crippen LogP contribution in [0, 0.1) is 5.92 Å². The topological polar surface area (TPSA) is 67.3 Å². The molecule has 4 rings (SSSR count). The second-order valence-corrected chi connectivity index (χ2v) is 7.28. The zero-order valence-electron chi connectivity index (χ0n) is 15.8. The fraction of sp³-hybridized carbons (Fsp3) is 0.364. The number of phenols is 1. The molecule has 3 aromatic rings. The van der Waals surface area contributed by atoms with E-state index in [1.165, 1.54) is 26.4 Å². The van der Waals surface area contributed by atoms with E-state index in [-0.39, 0.29) is 5.75 Å². The molecule has 0 amide bonds. The van der Waals surface area contributed by atoms with Crippen LogP contribution in [0.5, 0.6) is 11.5 Å². The van der Waals surface area contributed by atoms with E-state index in [2.05, 4.69) is 17.2 Å². The van der Waals surface area contributed by atoms with Gasteiger partial charge in [-0.1, -0.05) is 38.0 Å². The maximum absolute atomic E-state index is 10.5. The summed E-state index contributed by atoms with van der Waals surface area (Å²) in [6, 6.07) is 13.8. The summed E-state index contributed by atoms with van der Waals surface area (Å²) in [6.45, 7) is 2.30. The molecule has 1 fully saturated rings. The molecule has 1 aromatic heterocycles. The lowest BCUT2D eigenvalue weighted by molar-refractivity contribution is 0.349. The van der Waals surface area contributed by atoms with Crippen LogP contribution in [0.25, 0.3) is 22.3 Å². The van der Waals surface area contributed by atoms with Crippen LogP contribution in [0.3, 0.4) is 0 Å². The molecular weight excluding hydrogens is 338 g/mol. The number of hydrogen-bond acceptors (Lipinski definition) is 5. The summed E-state index contributed by atoms with van der Waals surface area (Å²) in [6.07, 6.45) is 4.94. The highest BCUT2D eigenvalue weighted by Gasteiger charge is 2.23. The highest BCUT2D eigenvalue weighted by atomic mass is 16.5. The van der Waals surface area contributed by atoms with Crippen molar-refractivity contribution < 1.29 is 9.84 Å². The van der Waals surface area contributed by atoms with Crippen molar-refractivity contribution in [3.05, 3.63) is 42.5 Å². The molecule has 0 spiro atoms. The first-order valence-electron chi connectivity index (χ1n) is 9.57. The number of phenolic OH excluding ortho intramolecular Hbond substituents is 1. The normalized spacial score (nSPS) is 19.8. The van der Waals surface area contributed by atoms with Crippen molar-refractivity contribution >= 4 is 16.7 Å². The first kappa shape index (κ1) is 17.6. The van der Waals surface area contributed by atoms with Gasteiger partial charge in [-0.25, -0.2) is 9.97 Å². The maximum Gasteiger partial charge on any atom is 0.168 e. The Balaban J connectivity index is 1.81. The molecule has 140 valence electrons. The summed E-state index contributed by atoms with van der Waals surface area (Å²) in [5.74, 6) is 2.42. The van der Waals surface area contributed by atoms with Gasteiger partial charge in [0.1, 0.15) is 5.82 Å². The molecule has 2 aromatic carbocycles. The van der Waals surface area contributed by atoms with E-state index in [1.54, 1.807) is 6.07 Å². The fourth-order valence-corrected chi connectivity index (χ4v) is 3.88. The predicted molar refractivity (Wildman–Crippen MR) is 108 cm³/mol. The number of hydrogen-bond donors (Lipinski definition) is 2. The Hall–Kier alpha value is -2.82. The highest BCUT2D eigenvalue weighted by Crippen LogP contribution is 2.37. The number of rotatable bonds is 4. The van der Waals surface area contributed by atoms with E-state index < -0.39 is 0 Å². The van der Waals surface area contributed by atoms with Gasteiger partial charge in [-0.05, 0) is 43.0 Å². The van der Waals surface area contributed by atoms with Gasteiger partial charge in [0.2, 0.25) is 0 Å². The van der Waals surface area contributed by atoms with Crippen LogP contribution in [-0.4, -0.2) is 28.2 Å². The van der Waals surface area contributed by atoms with Gasteiger partial charge < -0.3 is 15.2 Å². The first-order valence-corrected chi connectivity index (χ1v) is 9.57. The van der Waals surface area contributed by atoms with Crippen LogP contribution in [0.4, 0.5) is 5.82 Å². The summed E-state index contributed by atoms with van der Waals surface area (Å²) in [5, 5.41) is 15.2. The molecule has 0 bridgehead atoms. The number of aromatic nitrogens is 2. The molecule has 0 unspecified atom stereocenters. The highest BCUT2D eigenvalue weighted by molar-refractivity contribution is 5.91. The third-order valence-electron chi connectivity index (χ3n) is 5.50. The van der Waals surface area contributed by atoms with Crippen molar-refractivity contribution in [1.29, 1.82) is 0 Å². The zero-order chi connectivity index (χ0) is 18.8. The SMILES string of the molecule is COc1cccc(-c2nc(N[C@@H]3CCCC[C@H]3C)c3ccccc3n2)c1O. The number of aromatic hydroxyl groups is 1. The van der Waals surface area contributed by atoms with E-state index in [9.17, 15) is 5.11 Å². The molecule has 27 heavy (non-hydrogen) atoms. The van der Waals surface area contributed by atoms with Gasteiger partial charge in [-0.15, -0.1) is 0 Å². The molecule has 1 aliphatic rings. The first-order chi connectivity index (χ1) is 13.2. The molecule has 0 aliphatic heterocycles. The molecule has 0 radical (unpaired) electrons. The Bertz CT molecular complexity index is 957. The van der Waals surface area contributed by atoms with Crippen molar-refractivity contribution in [3.63, 3.8) is 0 Å². The number of nitrogens with one attached hydrogen (secondary N) is 1. The minimum atomic E-state index is 0.0623. The number of ether oxygens (including phenoxy) is 1. The summed E-state index contributed by atoms with van der Waals surface area (Å²) >= 11 is 0. The average molecular weight is 363 g/mol. The zero-order valence-corrected chi connectivity index (χ0v) is 15.8. The lowest BCUT2D eigenvalue weighted by atomic mass is 9.86. The second kappa shape index (κ2) is 7.43. The largest absolute Gasteiger partial charge is 0.504 e. The lowest BCUT2D eigenvalue weighted by Gasteiger charge is -2.30. The van der Waals surface area contributed by atoms with Crippen LogP contribution in [0.15, 0.2) is 42.5 Å². The van der Waals surface area contributed by atoms with Crippen molar-refractivity contribution in [3.8, 4) is 22.9 Å². The number of fused-ring (bicyclic) bond motifs is 1. The van der Waals surface area contributed by atoms with Gasteiger partial charge in [-0.2, -0.15) is 0 Å². The van der Waals surface area contributed by atoms with E-state index in [0.29, 0.717) is 29.1 Å². The van der Waals surface area contributed by atoms with Gasteiger partial charge in [0.25, 0.3) is 0 Å². The van der Waals surface area contributed by atoms with Crippen molar-refractivity contribution in [2.75, 3.05) is 12.4 Å². The quantitative estimate of drug-likeness (QED) is 0.683. The molecule has 5 heteroatoms. The number of para-hydroxylation sites is 2. The van der Waals surface area contributed by atoms with E-state index in [1.807, 2.05) is 36.4 Å². The van der Waals surface area contributed by atoms with Crippen molar-refractivity contribution in [1.82, 2.24) is 9.97 Å². The van der Waals surface area contributed by atoms with Crippen molar-refractivity contribution in [2.24, 2.45) is 5.92 Å². The summed E-state index contributed by atoms with van der Waals surface area (Å²) in [7, 11) is 1.54. The van der Waals surface area contributed by atoms with E-state index in [4.69, 9.17) is 9.72 Å². The lowest BCUT2D eigenvalue weighted by Crippen LogP contribution is -2.30. The monoisotopic (exact) mass is 363 g/mol. The molecule has 1 aliphatic carbocycles. The van der Waals surface area contributed by atoms with Gasteiger partial charge in [0.05, 0.1) is 18.2 Å². The molecule has 2 N–H and O–H groups in total. The molecule has 5 nitrogen and oxygen atoms in total. The molecule has 2 atom stereocenters. The second-order valence-electron chi connectivity index (χ2n) is 7.28. The Kier molecular flexibility index (Phi) is 4.84. The van der Waals surface area contributed by atoms with Crippen LogP contribution in [0.1, 0.15) is 32.6 Å². The van der Waals surface area contributed by atoms with Gasteiger partial charge in [0.15, 0.2) is 17.3 Å². The summed E-state index contributed by atoms with van der Waals surface area (Å²) in [5.41, 5.74) is 1.43. The minimum absolute atomic E-state index is 0.0623. The Morgan fingerprint density at radius 2 is 1.85 bits per heavy atom. The average Bonchev–Trinajstić information content (AvgIpc) is 2.70. The van der Waals surface area contributed by atoms with Gasteiger partial charge in [-0.3, -0.25) is 0 Å². The molecular formula is C22H25N3O2. The van der Waals surface area contributed by atoms with Gasteiger partial charge >= 0.3 is 0 Å². The van der Waals surface area contributed by atoms with Crippen LogP contribution in [-0.2, 0) is 0 Å². The number of nitrogens with zero attached hydrogens (tertiary/aromatic N) is 2. The Morgan fingerprint density at radius 1 is 1.04 bits per heavy atom. The van der Waals surface area contributed by atoms with Crippen LogP contribution in [0.2, 0.25) is 0 Å². The molecule has 0 saturated heterocycles. The number of benzene rings is 2. The Morgan fingerprint density at radius 3 is 2.67 bits per heavy atom. The standard InChI is InChI=1S/C22H25N3O2/c1-14-8-3-5-11-17(14)23-21-15-9-4-6-12-18(15)24-22(25-21)16-10-7-13-19(27-2)20(16)26/h4,6-7,9-10,12-14,17,26H,3,5,8,11H2,1-2H3,(H,23,24,25)/t14-,17-/m1/s1. The summed E-state index contributed by atoms with van der Waals surface area (Å²) < 4.78 is 5.24. The maximum atomic E-state index is 10.5. The fourth-order valence-electron chi connectivity index (χ4n) is 3.88. The minimum Gasteiger partial charge on any atom is -0.504 e. The van der Waals surface area contributed by atoms with E-state index >= 15 is 0 Å². The Labute approximate surface area is 159 Å². The van der Waals surface area contributed by atoms with Crippen LogP contribution >= 0.6 is 0 Å². The number of methoxy groups -OCH3 is 1. The molecule has 1 heterocycles. The third-order valence-corrected chi connectivity index (χ3v) is 5.50. The summed E-state index contributed by atoms with van der Waals surface area (Å²) in [4.78, 5) is 9.49. The molecule has 1 saturated carbocycles. The third kappa shape index (κ3) is 3.42. The van der Waals surface area contributed by atoms with Crippen LogP contribution < -0.4 is 10.1 Å². The van der Waals surface area contributed by atoms with Gasteiger partial charge in [0, 0.05) is 11.4 Å². The van der Waals surface area contributed by atoms with Crippen molar-refractivity contribution in [2.45, 2.75) is 38.6 Å². The smallest absolute Gasteiger partial charge is 0.168 e. The van der Waals surface area contributed by atoms with E-state index in [0.717, 1.165) is 23.1 Å². The predicted octanol–water partition coefficient (Wildman–Crippen LogP) is 5.00. The number of anilines is 1.